The van der Waals surface area contributed by atoms with E-state index in [-0.39, 0.29) is 18.7 Å². The maximum absolute atomic E-state index is 11.7. The molecule has 0 spiro atoms. The lowest BCUT2D eigenvalue weighted by Gasteiger charge is -2.10. The zero-order chi connectivity index (χ0) is 15.8. The van der Waals surface area contributed by atoms with Gasteiger partial charge in [0.1, 0.15) is 0 Å². The van der Waals surface area contributed by atoms with Crippen LogP contribution in [0.1, 0.15) is 25.3 Å². The predicted octanol–water partition coefficient (Wildman–Crippen LogP) is 2.14. The molecule has 0 aliphatic heterocycles. The molecule has 0 aliphatic carbocycles. The van der Waals surface area contributed by atoms with Crippen molar-refractivity contribution in [3.8, 4) is 0 Å². The Labute approximate surface area is 121 Å². The van der Waals surface area contributed by atoms with Crippen molar-refractivity contribution >= 4 is 23.4 Å². The maximum atomic E-state index is 11.7. The minimum Gasteiger partial charge on any atom is -0.481 e. The minimum absolute atomic E-state index is 0.0305. The summed E-state index contributed by atoms with van der Waals surface area (Å²) >= 11 is 0. The van der Waals surface area contributed by atoms with Crippen LogP contribution in [0, 0.1) is 10.1 Å². The standard InChI is InChI=1S/C13H17N3O5/c1-2-9-5-6-10(16(20)21)8-11(9)15-13(19)14-7-3-4-12(17)18/h5-6,8H,2-4,7H2,1H3,(H,17,18)(H2,14,15,19). The van der Waals surface area contributed by atoms with Gasteiger partial charge in [-0.05, 0) is 18.4 Å². The topological polar surface area (TPSA) is 122 Å². The maximum Gasteiger partial charge on any atom is 0.319 e. The Kier molecular flexibility index (Phi) is 6.12. The van der Waals surface area contributed by atoms with Gasteiger partial charge in [0.25, 0.3) is 5.69 Å². The highest BCUT2D eigenvalue weighted by atomic mass is 16.6. The van der Waals surface area contributed by atoms with Crippen LogP contribution in [0.5, 0.6) is 0 Å². The number of urea groups is 1. The van der Waals surface area contributed by atoms with Crippen molar-refractivity contribution in [1.82, 2.24) is 5.32 Å². The first-order valence-electron chi connectivity index (χ1n) is 6.48. The number of carbonyl (C=O) groups is 2. The number of benzene rings is 1. The van der Waals surface area contributed by atoms with E-state index < -0.39 is 16.9 Å². The van der Waals surface area contributed by atoms with Crippen LogP contribution in [-0.2, 0) is 11.2 Å². The van der Waals surface area contributed by atoms with Gasteiger partial charge in [-0.3, -0.25) is 14.9 Å². The van der Waals surface area contributed by atoms with E-state index >= 15 is 0 Å². The number of amides is 2. The van der Waals surface area contributed by atoms with Crippen molar-refractivity contribution in [2.75, 3.05) is 11.9 Å². The third kappa shape index (κ3) is 5.47. The van der Waals surface area contributed by atoms with E-state index in [0.29, 0.717) is 18.5 Å². The van der Waals surface area contributed by atoms with Gasteiger partial charge in [-0.1, -0.05) is 13.0 Å². The molecule has 8 nitrogen and oxygen atoms in total. The third-order valence-corrected chi connectivity index (χ3v) is 2.79. The van der Waals surface area contributed by atoms with Crippen LogP contribution in [0.2, 0.25) is 0 Å². The van der Waals surface area contributed by atoms with Crippen LogP contribution >= 0.6 is 0 Å². The lowest BCUT2D eigenvalue weighted by Crippen LogP contribution is -2.30. The van der Waals surface area contributed by atoms with Gasteiger partial charge in [-0.15, -0.1) is 0 Å². The highest BCUT2D eigenvalue weighted by molar-refractivity contribution is 5.90. The van der Waals surface area contributed by atoms with E-state index in [4.69, 9.17) is 5.11 Å². The molecule has 0 saturated heterocycles. The molecule has 8 heteroatoms. The monoisotopic (exact) mass is 295 g/mol. The molecule has 0 unspecified atom stereocenters. The smallest absolute Gasteiger partial charge is 0.319 e. The van der Waals surface area contributed by atoms with E-state index in [0.717, 1.165) is 5.56 Å². The lowest BCUT2D eigenvalue weighted by molar-refractivity contribution is -0.384. The van der Waals surface area contributed by atoms with Gasteiger partial charge in [-0.2, -0.15) is 0 Å². The zero-order valence-corrected chi connectivity index (χ0v) is 11.6. The van der Waals surface area contributed by atoms with Crippen molar-refractivity contribution in [1.29, 1.82) is 0 Å². The predicted molar refractivity (Wildman–Crippen MR) is 76.4 cm³/mol. The Bertz CT molecular complexity index is 545. The van der Waals surface area contributed by atoms with Crippen molar-refractivity contribution in [3.63, 3.8) is 0 Å². The fourth-order valence-electron chi connectivity index (χ4n) is 1.71. The quantitative estimate of drug-likeness (QED) is 0.404. The number of nitro benzene ring substituents is 1. The second kappa shape index (κ2) is 7.83. The van der Waals surface area contributed by atoms with Gasteiger partial charge < -0.3 is 15.7 Å². The summed E-state index contributed by atoms with van der Waals surface area (Å²) in [5.74, 6) is -0.927. The molecule has 1 rings (SSSR count). The molecule has 2 amide bonds. The van der Waals surface area contributed by atoms with E-state index in [2.05, 4.69) is 10.6 Å². The molecule has 0 saturated carbocycles. The molecule has 0 heterocycles. The number of carbonyl (C=O) groups excluding carboxylic acids is 1. The Balaban J connectivity index is 2.63. The van der Waals surface area contributed by atoms with Gasteiger partial charge in [0.2, 0.25) is 0 Å². The summed E-state index contributed by atoms with van der Waals surface area (Å²) in [6.07, 6.45) is 0.905. The minimum atomic E-state index is -0.927. The molecular weight excluding hydrogens is 278 g/mol. The molecular formula is C13H17N3O5. The molecule has 0 atom stereocenters. The zero-order valence-electron chi connectivity index (χ0n) is 11.6. The SMILES string of the molecule is CCc1ccc([N+](=O)[O-])cc1NC(=O)NCCCC(=O)O. The van der Waals surface area contributed by atoms with E-state index in [1.807, 2.05) is 6.92 Å². The molecule has 0 fully saturated rings. The van der Waals surface area contributed by atoms with Crippen molar-refractivity contribution in [2.45, 2.75) is 26.2 Å². The Hall–Kier alpha value is -2.64. The first-order chi connectivity index (χ1) is 9.93. The van der Waals surface area contributed by atoms with Crippen LogP contribution in [0.3, 0.4) is 0 Å². The summed E-state index contributed by atoms with van der Waals surface area (Å²) in [6.45, 7) is 2.09. The number of nitrogens with zero attached hydrogens (tertiary/aromatic N) is 1. The second-order valence-electron chi connectivity index (χ2n) is 4.33. The van der Waals surface area contributed by atoms with Gasteiger partial charge in [-0.25, -0.2) is 4.79 Å². The number of anilines is 1. The van der Waals surface area contributed by atoms with Crippen LogP contribution in [0.4, 0.5) is 16.2 Å². The fourth-order valence-corrected chi connectivity index (χ4v) is 1.71. The summed E-state index contributed by atoms with van der Waals surface area (Å²) < 4.78 is 0. The van der Waals surface area contributed by atoms with Gasteiger partial charge in [0.05, 0.1) is 10.6 Å². The number of hydrogen-bond acceptors (Lipinski definition) is 4. The number of nitrogens with one attached hydrogen (secondary N) is 2. The van der Waals surface area contributed by atoms with Crippen LogP contribution in [-0.4, -0.2) is 28.6 Å². The first kappa shape index (κ1) is 16.4. The molecule has 3 N–H and O–H groups in total. The molecule has 1 aromatic rings. The number of carboxylic acid groups (broad SMARTS) is 1. The molecule has 114 valence electrons. The molecule has 21 heavy (non-hydrogen) atoms. The summed E-state index contributed by atoms with van der Waals surface area (Å²) in [5.41, 5.74) is 1.05. The summed E-state index contributed by atoms with van der Waals surface area (Å²) in [7, 11) is 0. The summed E-state index contributed by atoms with van der Waals surface area (Å²) in [5, 5.41) is 24.3. The molecule has 0 bridgehead atoms. The number of non-ortho nitro benzene ring substituents is 1. The summed E-state index contributed by atoms with van der Waals surface area (Å²) in [6, 6.07) is 3.76. The number of carboxylic acids is 1. The Morgan fingerprint density at radius 1 is 1.38 bits per heavy atom. The number of aryl methyl sites for hydroxylation is 1. The molecule has 0 aliphatic rings. The molecule has 1 aromatic carbocycles. The average molecular weight is 295 g/mol. The fraction of sp³-hybridized carbons (Fsp3) is 0.385. The lowest BCUT2D eigenvalue weighted by atomic mass is 10.1. The highest BCUT2D eigenvalue weighted by Gasteiger charge is 2.12. The third-order valence-electron chi connectivity index (χ3n) is 2.79. The van der Waals surface area contributed by atoms with Crippen LogP contribution < -0.4 is 10.6 Å². The Morgan fingerprint density at radius 2 is 2.10 bits per heavy atom. The molecule has 0 aromatic heterocycles. The van der Waals surface area contributed by atoms with Gasteiger partial charge >= 0.3 is 12.0 Å². The van der Waals surface area contributed by atoms with Crippen molar-refractivity contribution in [2.24, 2.45) is 0 Å². The highest BCUT2D eigenvalue weighted by Crippen LogP contribution is 2.22. The van der Waals surface area contributed by atoms with Crippen molar-refractivity contribution in [3.05, 3.63) is 33.9 Å². The van der Waals surface area contributed by atoms with E-state index in [1.54, 1.807) is 6.07 Å². The summed E-state index contributed by atoms with van der Waals surface area (Å²) in [4.78, 5) is 32.2. The number of nitro groups is 1. The largest absolute Gasteiger partial charge is 0.481 e. The van der Waals surface area contributed by atoms with Crippen LogP contribution in [0.25, 0.3) is 0 Å². The van der Waals surface area contributed by atoms with E-state index in [9.17, 15) is 19.7 Å². The number of rotatable bonds is 7. The van der Waals surface area contributed by atoms with Crippen LogP contribution in [0.15, 0.2) is 18.2 Å². The van der Waals surface area contributed by atoms with Crippen molar-refractivity contribution < 1.29 is 19.6 Å². The van der Waals surface area contributed by atoms with E-state index in [1.165, 1.54) is 12.1 Å². The Morgan fingerprint density at radius 3 is 2.67 bits per heavy atom. The molecule has 0 radical (unpaired) electrons. The number of hydrogen-bond donors (Lipinski definition) is 3. The normalized spacial score (nSPS) is 9.95. The first-order valence-corrected chi connectivity index (χ1v) is 6.48. The van der Waals surface area contributed by atoms with Gasteiger partial charge in [0, 0.05) is 25.1 Å². The van der Waals surface area contributed by atoms with Gasteiger partial charge in [0.15, 0.2) is 0 Å². The second-order valence-corrected chi connectivity index (χ2v) is 4.33. The number of aliphatic carboxylic acids is 1. The average Bonchev–Trinajstić information content (AvgIpc) is 2.43.